The predicted molar refractivity (Wildman–Crippen MR) is 105 cm³/mol. The van der Waals surface area contributed by atoms with Crippen LogP contribution in [0.3, 0.4) is 0 Å². The predicted octanol–water partition coefficient (Wildman–Crippen LogP) is 4.57. The third-order valence-electron chi connectivity index (χ3n) is 4.44. The van der Waals surface area contributed by atoms with Crippen LogP contribution in [0.5, 0.6) is 5.75 Å². The normalized spacial score (nSPS) is 22.5. The number of hydrogen-bond acceptors (Lipinski definition) is 5. The molecule has 0 N–H and O–H groups in total. The molecule has 4 nitrogen and oxygen atoms in total. The molecule has 0 saturated carbocycles. The summed E-state index contributed by atoms with van der Waals surface area (Å²) in [5, 5.41) is 7.00. The number of benzene rings is 1. The summed E-state index contributed by atoms with van der Waals surface area (Å²) in [6.07, 6.45) is 4.43. The second-order valence-corrected chi connectivity index (χ2v) is 7.29. The van der Waals surface area contributed by atoms with Crippen molar-refractivity contribution in [3.63, 3.8) is 0 Å². The van der Waals surface area contributed by atoms with Crippen LogP contribution in [0.1, 0.15) is 12.0 Å². The summed E-state index contributed by atoms with van der Waals surface area (Å²) in [5.41, 5.74) is 1.12. The fourth-order valence-electron chi connectivity index (χ4n) is 3.22. The smallest absolute Gasteiger partial charge is 0.141 e. The van der Waals surface area contributed by atoms with Gasteiger partial charge in [-0.2, -0.15) is 5.10 Å². The first-order valence-corrected chi connectivity index (χ1v) is 9.49. The molecule has 0 radical (unpaired) electrons. The van der Waals surface area contributed by atoms with Gasteiger partial charge in [0, 0.05) is 24.7 Å². The van der Waals surface area contributed by atoms with E-state index in [0.29, 0.717) is 31.2 Å². The quantitative estimate of drug-likeness (QED) is 0.637. The highest BCUT2D eigenvalue weighted by Crippen LogP contribution is 2.54. The van der Waals surface area contributed by atoms with E-state index in [4.69, 9.17) is 9.47 Å². The van der Waals surface area contributed by atoms with Crippen LogP contribution in [0.4, 0.5) is 8.78 Å². The fourth-order valence-corrected chi connectivity index (χ4v) is 4.67. The van der Waals surface area contributed by atoms with Crippen LogP contribution in [0.2, 0.25) is 0 Å². The zero-order valence-corrected chi connectivity index (χ0v) is 16.0. The van der Waals surface area contributed by atoms with Gasteiger partial charge in [-0.3, -0.25) is 5.01 Å². The molecule has 3 rings (SSSR count). The van der Waals surface area contributed by atoms with Gasteiger partial charge in [-0.25, -0.2) is 8.78 Å². The van der Waals surface area contributed by atoms with Crippen LogP contribution >= 0.6 is 11.8 Å². The number of halogens is 2. The lowest BCUT2D eigenvalue weighted by atomic mass is 9.99. The number of hydrogen-bond donors (Lipinski definition) is 0. The van der Waals surface area contributed by atoms with Crippen molar-refractivity contribution >= 4 is 16.8 Å². The van der Waals surface area contributed by atoms with E-state index in [1.165, 1.54) is 30.0 Å². The van der Waals surface area contributed by atoms with Gasteiger partial charge in [-0.15, -0.1) is 0 Å². The topological polar surface area (TPSA) is 34.1 Å². The van der Waals surface area contributed by atoms with Crippen molar-refractivity contribution in [1.29, 1.82) is 0 Å². The van der Waals surface area contributed by atoms with E-state index in [-0.39, 0.29) is 5.57 Å². The van der Waals surface area contributed by atoms with Crippen molar-refractivity contribution < 1.29 is 18.3 Å². The van der Waals surface area contributed by atoms with Gasteiger partial charge < -0.3 is 9.47 Å². The third-order valence-corrected chi connectivity index (χ3v) is 5.91. The molecule has 7 heteroatoms. The van der Waals surface area contributed by atoms with Gasteiger partial charge in [0.05, 0.1) is 19.8 Å². The summed E-state index contributed by atoms with van der Waals surface area (Å²) in [4.78, 5) is -0.535. The average Bonchev–Trinajstić information content (AvgIpc) is 3.03. The number of rotatable bonds is 7. The maximum Gasteiger partial charge on any atom is 0.141 e. The van der Waals surface area contributed by atoms with Gasteiger partial charge >= 0.3 is 0 Å². The SMILES string of the molecule is C=C/C=C(F)\C(=C/CF)C1=NN(CCOC)C2(CCOc3ccccc32)S1. The number of fused-ring (bicyclic) bond motifs is 2. The lowest BCUT2D eigenvalue weighted by Gasteiger charge is -2.40. The van der Waals surface area contributed by atoms with Crippen LogP contribution in [-0.2, 0) is 9.61 Å². The molecular weight excluding hydrogens is 370 g/mol. The minimum atomic E-state index is -0.780. The highest BCUT2D eigenvalue weighted by Gasteiger charge is 2.49. The van der Waals surface area contributed by atoms with E-state index in [0.717, 1.165) is 11.3 Å². The minimum absolute atomic E-state index is 0.144. The van der Waals surface area contributed by atoms with Crippen LogP contribution in [0, 0.1) is 0 Å². The molecule has 1 spiro atoms. The van der Waals surface area contributed by atoms with Gasteiger partial charge in [0.25, 0.3) is 0 Å². The van der Waals surface area contributed by atoms with Crippen LogP contribution in [0.25, 0.3) is 0 Å². The number of allylic oxidation sites excluding steroid dienone is 4. The Morgan fingerprint density at radius 3 is 3.04 bits per heavy atom. The molecule has 2 aliphatic heterocycles. The number of ether oxygens (including phenoxy) is 2. The molecule has 0 saturated heterocycles. The molecule has 0 aliphatic carbocycles. The van der Waals surface area contributed by atoms with Gasteiger partial charge in [0.1, 0.15) is 28.2 Å². The van der Waals surface area contributed by atoms with Crippen molar-refractivity contribution in [2.45, 2.75) is 11.3 Å². The minimum Gasteiger partial charge on any atom is -0.493 e. The molecule has 1 unspecified atom stereocenters. The van der Waals surface area contributed by atoms with E-state index in [1.54, 1.807) is 7.11 Å². The molecule has 0 bridgehead atoms. The first-order valence-electron chi connectivity index (χ1n) is 8.68. The second kappa shape index (κ2) is 8.71. The van der Waals surface area contributed by atoms with Crippen LogP contribution < -0.4 is 4.74 Å². The lowest BCUT2D eigenvalue weighted by Crippen LogP contribution is -2.42. The Morgan fingerprint density at radius 1 is 1.48 bits per heavy atom. The molecule has 144 valence electrons. The van der Waals surface area contributed by atoms with Crippen molar-refractivity contribution in [3.05, 3.63) is 66.0 Å². The standard InChI is InChI=1S/C20H22F2N2O2S/c1-3-6-17(22)15(9-11-21)19-23-24(12-14-25-2)20(27-19)10-13-26-18-8-5-4-7-16(18)20/h3-9H,1,10-14H2,2H3/b15-9+,17-6+. The van der Waals surface area contributed by atoms with Crippen molar-refractivity contribution in [1.82, 2.24) is 5.01 Å². The summed E-state index contributed by atoms with van der Waals surface area (Å²) in [7, 11) is 1.62. The molecular formula is C20H22F2N2O2S. The molecule has 1 aromatic carbocycles. The second-order valence-electron chi connectivity index (χ2n) is 6.02. The van der Waals surface area contributed by atoms with E-state index < -0.39 is 17.4 Å². The summed E-state index contributed by atoms with van der Waals surface area (Å²) >= 11 is 1.43. The van der Waals surface area contributed by atoms with Crippen LogP contribution in [0.15, 0.2) is 65.6 Å². The largest absolute Gasteiger partial charge is 0.493 e. The highest BCUT2D eigenvalue weighted by atomic mass is 32.2. The molecule has 0 fully saturated rings. The summed E-state index contributed by atoms with van der Waals surface area (Å²) < 4.78 is 38.6. The average molecular weight is 392 g/mol. The zero-order valence-electron chi connectivity index (χ0n) is 15.2. The molecule has 2 aliphatic rings. The van der Waals surface area contributed by atoms with Crippen molar-refractivity contribution in [3.8, 4) is 5.75 Å². The molecule has 1 aromatic rings. The van der Waals surface area contributed by atoms with Gasteiger partial charge in [0.15, 0.2) is 0 Å². The van der Waals surface area contributed by atoms with E-state index in [1.807, 2.05) is 29.3 Å². The summed E-state index contributed by atoms with van der Waals surface area (Å²) in [6, 6.07) is 7.77. The Balaban J connectivity index is 2.04. The first-order chi connectivity index (χ1) is 13.2. The monoisotopic (exact) mass is 392 g/mol. The number of methoxy groups -OCH3 is 1. The zero-order chi connectivity index (χ0) is 19.3. The number of thioether (sulfide) groups is 1. The van der Waals surface area contributed by atoms with Gasteiger partial charge in [-0.1, -0.05) is 42.6 Å². The number of para-hydroxylation sites is 1. The summed E-state index contributed by atoms with van der Waals surface area (Å²) in [5.74, 6) is 0.228. The van der Waals surface area contributed by atoms with E-state index in [2.05, 4.69) is 11.7 Å². The Hall–Kier alpha value is -2.12. The number of alkyl halides is 1. The Morgan fingerprint density at radius 2 is 2.30 bits per heavy atom. The van der Waals surface area contributed by atoms with E-state index >= 15 is 0 Å². The third kappa shape index (κ3) is 3.80. The summed E-state index contributed by atoms with van der Waals surface area (Å²) in [6.45, 7) is 4.24. The molecule has 0 aromatic heterocycles. The van der Waals surface area contributed by atoms with Gasteiger partial charge in [0.2, 0.25) is 0 Å². The molecule has 27 heavy (non-hydrogen) atoms. The van der Waals surface area contributed by atoms with Crippen molar-refractivity contribution in [2.24, 2.45) is 5.10 Å². The van der Waals surface area contributed by atoms with Crippen molar-refractivity contribution in [2.75, 3.05) is 33.5 Å². The Labute approximate surface area is 162 Å². The molecule has 2 heterocycles. The highest BCUT2D eigenvalue weighted by molar-refractivity contribution is 8.15. The molecule has 0 amide bonds. The maximum atomic E-state index is 14.5. The van der Waals surface area contributed by atoms with E-state index in [9.17, 15) is 8.78 Å². The fraction of sp³-hybridized carbons (Fsp3) is 0.350. The number of nitrogens with zero attached hydrogens (tertiary/aromatic N) is 2. The number of hydrazone groups is 1. The Kier molecular flexibility index (Phi) is 6.34. The van der Waals surface area contributed by atoms with Gasteiger partial charge in [-0.05, 0) is 18.2 Å². The first kappa shape index (κ1) is 19.6. The lowest BCUT2D eigenvalue weighted by molar-refractivity contribution is 0.0852. The Bertz CT molecular complexity index is 794. The maximum absolute atomic E-state index is 14.5. The molecule has 1 atom stereocenters. The van der Waals surface area contributed by atoms with Crippen LogP contribution in [-0.4, -0.2) is 43.6 Å².